The van der Waals surface area contributed by atoms with Gasteiger partial charge in [0.05, 0.1) is 7.11 Å². The second-order valence-electron chi connectivity index (χ2n) is 10.9. The molecule has 3 amide bonds. The van der Waals surface area contributed by atoms with Gasteiger partial charge in [0.15, 0.2) is 0 Å². The molecular weight excluding hydrogens is 604 g/mol. The molecule has 0 fully saturated rings. The molecule has 1 aliphatic carbocycles. The third-order valence-corrected chi connectivity index (χ3v) is 7.76. The number of carbonyl (C=O) groups excluding carboxylic acids is 4. The molecular formula is C35H38N4O8. The molecule has 1 heterocycles. The van der Waals surface area contributed by atoms with E-state index < -0.39 is 36.0 Å². The van der Waals surface area contributed by atoms with Crippen molar-refractivity contribution < 1.29 is 38.6 Å². The minimum absolute atomic E-state index is 0.0314. The lowest BCUT2D eigenvalue weighted by molar-refractivity contribution is -0.144. The predicted molar refractivity (Wildman–Crippen MR) is 173 cm³/mol. The normalized spacial score (nSPS) is 13.1. The van der Waals surface area contributed by atoms with Crippen molar-refractivity contribution in [1.29, 1.82) is 0 Å². The van der Waals surface area contributed by atoms with E-state index in [1.54, 1.807) is 24.5 Å². The van der Waals surface area contributed by atoms with Gasteiger partial charge < -0.3 is 30.5 Å². The molecule has 2 aromatic carbocycles. The van der Waals surface area contributed by atoms with E-state index in [0.717, 1.165) is 27.8 Å². The van der Waals surface area contributed by atoms with Crippen LogP contribution in [-0.4, -0.2) is 72.3 Å². The first-order valence-corrected chi connectivity index (χ1v) is 15.3. The van der Waals surface area contributed by atoms with Crippen LogP contribution in [0.4, 0.5) is 4.79 Å². The molecule has 12 heteroatoms. The number of nitrogens with one attached hydrogen (secondary N) is 3. The lowest BCUT2D eigenvalue weighted by Gasteiger charge is -2.22. The van der Waals surface area contributed by atoms with Crippen molar-refractivity contribution in [3.63, 3.8) is 0 Å². The average molecular weight is 643 g/mol. The van der Waals surface area contributed by atoms with Gasteiger partial charge in [0, 0.05) is 37.4 Å². The number of methoxy groups -OCH3 is 1. The van der Waals surface area contributed by atoms with E-state index in [1.807, 2.05) is 54.6 Å². The van der Waals surface area contributed by atoms with Crippen molar-refractivity contribution in [3.05, 3.63) is 95.8 Å². The lowest BCUT2D eigenvalue weighted by Crippen LogP contribution is -2.52. The molecule has 4 N–H and O–H groups in total. The average Bonchev–Trinajstić information content (AvgIpc) is 3.41. The lowest BCUT2D eigenvalue weighted by atomic mass is 9.98. The van der Waals surface area contributed by atoms with Crippen LogP contribution in [0.5, 0.6) is 0 Å². The molecule has 12 nitrogen and oxygen atoms in total. The Hall–Kier alpha value is -5.52. The Morgan fingerprint density at radius 3 is 2.23 bits per heavy atom. The van der Waals surface area contributed by atoms with E-state index in [0.29, 0.717) is 19.4 Å². The van der Waals surface area contributed by atoms with Crippen LogP contribution in [0, 0.1) is 0 Å². The number of carboxylic acids is 1. The van der Waals surface area contributed by atoms with Crippen molar-refractivity contribution in [3.8, 4) is 11.1 Å². The van der Waals surface area contributed by atoms with E-state index in [1.165, 1.54) is 13.2 Å². The minimum Gasteiger partial charge on any atom is -0.480 e. The summed E-state index contributed by atoms with van der Waals surface area (Å²) >= 11 is 0. The molecule has 2 unspecified atom stereocenters. The van der Waals surface area contributed by atoms with Crippen LogP contribution in [0.25, 0.3) is 17.2 Å². The molecule has 47 heavy (non-hydrogen) atoms. The fourth-order valence-corrected chi connectivity index (χ4v) is 5.34. The summed E-state index contributed by atoms with van der Waals surface area (Å²) in [6, 6.07) is 16.9. The summed E-state index contributed by atoms with van der Waals surface area (Å²) in [6.45, 7) is 0.343. The maximum absolute atomic E-state index is 13.2. The summed E-state index contributed by atoms with van der Waals surface area (Å²) < 4.78 is 10.2. The number of carboxylic acid groups (broad SMARTS) is 1. The molecule has 3 aromatic rings. The van der Waals surface area contributed by atoms with E-state index in [9.17, 15) is 29.1 Å². The molecule has 246 valence electrons. The highest BCUT2D eigenvalue weighted by molar-refractivity contribution is 5.91. The number of ether oxygens (including phenoxy) is 2. The Morgan fingerprint density at radius 2 is 1.60 bits per heavy atom. The Morgan fingerprint density at radius 1 is 0.894 bits per heavy atom. The topological polar surface area (TPSA) is 173 Å². The zero-order valence-corrected chi connectivity index (χ0v) is 26.0. The van der Waals surface area contributed by atoms with Crippen LogP contribution >= 0.6 is 0 Å². The first-order valence-electron chi connectivity index (χ1n) is 15.3. The van der Waals surface area contributed by atoms with Crippen LogP contribution < -0.4 is 16.0 Å². The standard InChI is InChI=1S/C35H38N4O8/c1-46-32(41)18-16-30(34(43)44)38-33(42)29(14-6-7-20-37-31(40)17-15-23-9-8-19-36-21-23)39-35(45)47-22-28-26-12-4-2-10-24(26)25-11-3-5-13-27(25)28/h2-5,8-13,15,17,19,21,28-30H,6-7,14,16,18,20,22H2,1H3,(H,37,40)(H,38,42)(H,39,45)(H,43,44)/b17-15+. The predicted octanol–water partition coefficient (Wildman–Crippen LogP) is 3.81. The van der Waals surface area contributed by atoms with Crippen molar-refractivity contribution >= 4 is 35.9 Å². The van der Waals surface area contributed by atoms with Gasteiger partial charge in [-0.25, -0.2) is 9.59 Å². The molecule has 0 aliphatic heterocycles. The second kappa shape index (κ2) is 17.2. The maximum Gasteiger partial charge on any atom is 0.407 e. The van der Waals surface area contributed by atoms with E-state index in [4.69, 9.17) is 4.74 Å². The molecule has 0 saturated carbocycles. The van der Waals surface area contributed by atoms with Gasteiger partial charge in [-0.3, -0.25) is 19.4 Å². The van der Waals surface area contributed by atoms with Crippen molar-refractivity contribution in [2.45, 2.75) is 50.1 Å². The molecule has 0 saturated heterocycles. The van der Waals surface area contributed by atoms with Gasteiger partial charge in [0.25, 0.3) is 0 Å². The largest absolute Gasteiger partial charge is 0.480 e. The number of unbranched alkanes of at least 4 members (excludes halogenated alkanes) is 1. The summed E-state index contributed by atoms with van der Waals surface area (Å²) in [5.74, 6) is -3.17. The summed E-state index contributed by atoms with van der Waals surface area (Å²) in [7, 11) is 1.19. The first kappa shape index (κ1) is 34.4. The van der Waals surface area contributed by atoms with Gasteiger partial charge in [-0.2, -0.15) is 0 Å². The Bertz CT molecular complexity index is 1550. The van der Waals surface area contributed by atoms with Gasteiger partial charge in [-0.05, 0) is 65.6 Å². The van der Waals surface area contributed by atoms with Crippen LogP contribution in [-0.2, 0) is 28.7 Å². The third-order valence-electron chi connectivity index (χ3n) is 7.76. The number of pyridine rings is 1. The number of carbonyl (C=O) groups is 5. The number of alkyl carbamates (subject to hydrolysis) is 1. The highest BCUT2D eigenvalue weighted by Gasteiger charge is 2.31. The second-order valence-corrected chi connectivity index (χ2v) is 10.9. The number of amides is 3. The first-order chi connectivity index (χ1) is 22.8. The Kier molecular flexibility index (Phi) is 12.6. The van der Waals surface area contributed by atoms with Gasteiger partial charge in [0.2, 0.25) is 11.8 Å². The molecule has 2 atom stereocenters. The number of benzene rings is 2. The zero-order chi connectivity index (χ0) is 33.6. The Labute approximate surface area is 272 Å². The number of hydrogen-bond donors (Lipinski definition) is 4. The van der Waals surface area contributed by atoms with Crippen LogP contribution in [0.3, 0.4) is 0 Å². The van der Waals surface area contributed by atoms with Crippen molar-refractivity contribution in [2.75, 3.05) is 20.3 Å². The van der Waals surface area contributed by atoms with Crippen molar-refractivity contribution in [2.24, 2.45) is 0 Å². The number of nitrogens with zero attached hydrogens (tertiary/aromatic N) is 1. The molecule has 4 rings (SSSR count). The molecule has 1 aromatic heterocycles. The number of aliphatic carboxylic acids is 1. The SMILES string of the molecule is COC(=O)CCC(NC(=O)C(CCCCNC(=O)/C=C/c1cccnc1)NC(=O)OCC1c2ccccc2-c2ccccc21)C(=O)O. The fraction of sp³-hybridized carbons (Fsp3) is 0.314. The quantitative estimate of drug-likeness (QED) is 0.103. The molecule has 0 spiro atoms. The summed E-state index contributed by atoms with van der Waals surface area (Å²) in [4.78, 5) is 65.8. The fourth-order valence-electron chi connectivity index (χ4n) is 5.34. The zero-order valence-electron chi connectivity index (χ0n) is 26.0. The summed E-state index contributed by atoms with van der Waals surface area (Å²) in [5.41, 5.74) is 4.98. The maximum atomic E-state index is 13.2. The highest BCUT2D eigenvalue weighted by Crippen LogP contribution is 2.44. The monoisotopic (exact) mass is 642 g/mol. The third kappa shape index (κ3) is 9.98. The van der Waals surface area contributed by atoms with E-state index >= 15 is 0 Å². The summed E-state index contributed by atoms with van der Waals surface area (Å²) in [6.07, 6.45) is 6.09. The van der Waals surface area contributed by atoms with Crippen LogP contribution in [0.2, 0.25) is 0 Å². The number of rotatable bonds is 16. The van der Waals surface area contributed by atoms with Gasteiger partial charge >= 0.3 is 18.0 Å². The summed E-state index contributed by atoms with van der Waals surface area (Å²) in [5, 5.41) is 17.4. The number of aromatic nitrogens is 1. The van der Waals surface area contributed by atoms with E-state index in [-0.39, 0.29) is 37.7 Å². The van der Waals surface area contributed by atoms with Gasteiger partial charge in [0.1, 0.15) is 18.7 Å². The highest BCUT2D eigenvalue weighted by atomic mass is 16.5. The number of esters is 1. The Balaban J connectivity index is 1.35. The number of fused-ring (bicyclic) bond motifs is 3. The molecule has 1 aliphatic rings. The van der Waals surface area contributed by atoms with Gasteiger partial charge in [-0.15, -0.1) is 0 Å². The van der Waals surface area contributed by atoms with Crippen LogP contribution in [0.1, 0.15) is 54.7 Å². The number of hydrogen-bond acceptors (Lipinski definition) is 8. The van der Waals surface area contributed by atoms with Crippen LogP contribution in [0.15, 0.2) is 79.1 Å². The van der Waals surface area contributed by atoms with Gasteiger partial charge in [-0.1, -0.05) is 54.6 Å². The molecule has 0 radical (unpaired) electrons. The smallest absolute Gasteiger partial charge is 0.407 e. The minimum atomic E-state index is -1.38. The molecule has 0 bridgehead atoms. The van der Waals surface area contributed by atoms with E-state index in [2.05, 4.69) is 25.7 Å². The van der Waals surface area contributed by atoms with Crippen molar-refractivity contribution in [1.82, 2.24) is 20.9 Å².